The smallest absolute Gasteiger partial charge is 0.272 e. The molecule has 1 amide bonds. The molecule has 0 fully saturated rings. The van der Waals surface area contributed by atoms with Crippen molar-refractivity contribution in [3.8, 4) is 0 Å². The standard InChI is InChI=1S/C12H17ClN2O2/c1-4-15(8-12(2,3)17)11(16)10-6-5-9(13)7-14-10/h5-7,17H,4,8H2,1-3H3. The molecule has 0 aromatic carbocycles. The molecule has 0 aliphatic carbocycles. The summed E-state index contributed by atoms with van der Waals surface area (Å²) in [5.41, 5.74) is -0.585. The lowest BCUT2D eigenvalue weighted by Gasteiger charge is -2.27. The molecule has 0 aliphatic rings. The first kappa shape index (κ1) is 13.9. The summed E-state index contributed by atoms with van der Waals surface area (Å²) in [5.74, 6) is -0.203. The van der Waals surface area contributed by atoms with Gasteiger partial charge in [0, 0.05) is 19.3 Å². The van der Waals surface area contributed by atoms with Crippen LogP contribution in [0.1, 0.15) is 31.3 Å². The third-order valence-electron chi connectivity index (χ3n) is 2.19. The number of hydrogen-bond acceptors (Lipinski definition) is 3. The highest BCUT2D eigenvalue weighted by atomic mass is 35.5. The number of halogens is 1. The Balaban J connectivity index is 2.83. The molecule has 1 N–H and O–H groups in total. The second kappa shape index (κ2) is 5.47. The van der Waals surface area contributed by atoms with Crippen molar-refractivity contribution in [2.75, 3.05) is 13.1 Å². The Hall–Kier alpha value is -1.13. The average Bonchev–Trinajstić information content (AvgIpc) is 2.25. The fraction of sp³-hybridized carbons (Fsp3) is 0.500. The second-order valence-electron chi connectivity index (χ2n) is 4.49. The van der Waals surface area contributed by atoms with Crippen LogP contribution < -0.4 is 0 Å². The summed E-state index contributed by atoms with van der Waals surface area (Å²) in [6.07, 6.45) is 1.44. The molecule has 0 atom stereocenters. The number of pyridine rings is 1. The zero-order valence-corrected chi connectivity index (χ0v) is 11.0. The van der Waals surface area contributed by atoms with E-state index in [0.29, 0.717) is 17.3 Å². The maximum Gasteiger partial charge on any atom is 0.272 e. The lowest BCUT2D eigenvalue weighted by molar-refractivity contribution is 0.0311. The maximum atomic E-state index is 12.1. The van der Waals surface area contributed by atoms with Gasteiger partial charge in [0.15, 0.2) is 0 Å². The molecule has 1 rings (SSSR count). The molecule has 0 saturated heterocycles. The molecule has 4 nitrogen and oxygen atoms in total. The normalized spacial score (nSPS) is 11.4. The third kappa shape index (κ3) is 4.32. The van der Waals surface area contributed by atoms with Gasteiger partial charge in [0.05, 0.1) is 10.6 Å². The molecule has 0 aliphatic heterocycles. The molecule has 17 heavy (non-hydrogen) atoms. The van der Waals surface area contributed by atoms with Crippen molar-refractivity contribution in [3.63, 3.8) is 0 Å². The van der Waals surface area contributed by atoms with Crippen LogP contribution in [0, 0.1) is 0 Å². The Morgan fingerprint density at radius 3 is 2.59 bits per heavy atom. The molecule has 0 saturated carbocycles. The van der Waals surface area contributed by atoms with Crippen LogP contribution in [0.2, 0.25) is 5.02 Å². The third-order valence-corrected chi connectivity index (χ3v) is 2.42. The average molecular weight is 257 g/mol. The van der Waals surface area contributed by atoms with Crippen molar-refractivity contribution >= 4 is 17.5 Å². The summed E-state index contributed by atoms with van der Waals surface area (Å²) in [7, 11) is 0. The van der Waals surface area contributed by atoms with Crippen LogP contribution in [0.5, 0.6) is 0 Å². The first-order valence-corrected chi connectivity index (χ1v) is 5.84. The van der Waals surface area contributed by atoms with Gasteiger partial charge < -0.3 is 10.0 Å². The lowest BCUT2D eigenvalue weighted by Crippen LogP contribution is -2.42. The lowest BCUT2D eigenvalue weighted by atomic mass is 10.1. The van der Waals surface area contributed by atoms with Crippen LogP contribution in [0.15, 0.2) is 18.3 Å². The minimum absolute atomic E-state index is 0.203. The molecular weight excluding hydrogens is 240 g/mol. The fourth-order valence-electron chi connectivity index (χ4n) is 1.46. The first-order valence-electron chi connectivity index (χ1n) is 5.46. The number of aliphatic hydroxyl groups is 1. The van der Waals surface area contributed by atoms with Crippen molar-refractivity contribution in [3.05, 3.63) is 29.0 Å². The van der Waals surface area contributed by atoms with Crippen molar-refractivity contribution in [1.29, 1.82) is 0 Å². The summed E-state index contributed by atoms with van der Waals surface area (Å²) < 4.78 is 0. The molecule has 0 unspecified atom stereocenters. The number of aromatic nitrogens is 1. The highest BCUT2D eigenvalue weighted by Gasteiger charge is 2.22. The fourth-order valence-corrected chi connectivity index (χ4v) is 1.57. The number of hydrogen-bond donors (Lipinski definition) is 1. The van der Waals surface area contributed by atoms with Crippen LogP contribution in [0.3, 0.4) is 0 Å². The monoisotopic (exact) mass is 256 g/mol. The van der Waals surface area contributed by atoms with Gasteiger partial charge in [-0.1, -0.05) is 11.6 Å². The van der Waals surface area contributed by atoms with Crippen LogP contribution >= 0.6 is 11.6 Å². The van der Waals surface area contributed by atoms with Gasteiger partial charge in [-0.3, -0.25) is 4.79 Å². The Kier molecular flexibility index (Phi) is 4.48. The topological polar surface area (TPSA) is 53.4 Å². The highest BCUT2D eigenvalue weighted by molar-refractivity contribution is 6.30. The van der Waals surface area contributed by atoms with Crippen molar-refractivity contribution in [2.24, 2.45) is 0 Å². The van der Waals surface area contributed by atoms with Gasteiger partial charge in [0.25, 0.3) is 5.91 Å². The van der Waals surface area contributed by atoms with Gasteiger partial charge >= 0.3 is 0 Å². The Labute approximate surface area is 106 Å². The van der Waals surface area contributed by atoms with Crippen LogP contribution in [0.25, 0.3) is 0 Å². The van der Waals surface area contributed by atoms with Gasteiger partial charge in [-0.05, 0) is 32.9 Å². The number of nitrogens with zero attached hydrogens (tertiary/aromatic N) is 2. The van der Waals surface area contributed by atoms with E-state index < -0.39 is 5.60 Å². The van der Waals surface area contributed by atoms with Crippen molar-refractivity contribution in [1.82, 2.24) is 9.88 Å². The van der Waals surface area contributed by atoms with E-state index in [9.17, 15) is 9.90 Å². The van der Waals surface area contributed by atoms with E-state index in [1.165, 1.54) is 6.20 Å². The van der Waals surface area contributed by atoms with Crippen molar-refractivity contribution < 1.29 is 9.90 Å². The Morgan fingerprint density at radius 1 is 1.53 bits per heavy atom. The van der Waals surface area contributed by atoms with E-state index in [4.69, 9.17) is 11.6 Å². The molecule has 1 aromatic heterocycles. The van der Waals surface area contributed by atoms with Gasteiger partial charge in [0.1, 0.15) is 5.69 Å². The number of rotatable bonds is 4. The molecule has 1 aromatic rings. The van der Waals surface area contributed by atoms with Crippen LogP contribution in [-0.4, -0.2) is 39.6 Å². The highest BCUT2D eigenvalue weighted by Crippen LogP contribution is 2.11. The van der Waals surface area contributed by atoms with Crippen LogP contribution in [-0.2, 0) is 0 Å². The molecule has 0 bridgehead atoms. The minimum atomic E-state index is -0.919. The summed E-state index contributed by atoms with van der Waals surface area (Å²) in [6, 6.07) is 3.21. The molecule has 94 valence electrons. The number of likely N-dealkylation sites (N-methyl/N-ethyl adjacent to an activating group) is 1. The predicted octanol–water partition coefficient (Wildman–Crippen LogP) is 1.97. The summed E-state index contributed by atoms with van der Waals surface area (Å²) in [5, 5.41) is 10.2. The summed E-state index contributed by atoms with van der Waals surface area (Å²) in [4.78, 5) is 17.6. The maximum absolute atomic E-state index is 12.1. The van der Waals surface area contributed by atoms with E-state index in [1.807, 2.05) is 6.92 Å². The Morgan fingerprint density at radius 2 is 2.18 bits per heavy atom. The molecular formula is C12H17ClN2O2. The van der Waals surface area contributed by atoms with E-state index in [1.54, 1.807) is 30.9 Å². The number of carbonyl (C=O) groups excluding carboxylic acids is 1. The van der Waals surface area contributed by atoms with Gasteiger partial charge in [-0.25, -0.2) is 4.98 Å². The van der Waals surface area contributed by atoms with Gasteiger partial charge in [-0.2, -0.15) is 0 Å². The molecule has 0 spiro atoms. The van der Waals surface area contributed by atoms with E-state index in [0.717, 1.165) is 0 Å². The van der Waals surface area contributed by atoms with Gasteiger partial charge in [0.2, 0.25) is 0 Å². The quantitative estimate of drug-likeness (QED) is 0.896. The van der Waals surface area contributed by atoms with E-state index >= 15 is 0 Å². The van der Waals surface area contributed by atoms with Gasteiger partial charge in [-0.15, -0.1) is 0 Å². The molecule has 5 heteroatoms. The van der Waals surface area contributed by atoms with Crippen LogP contribution in [0.4, 0.5) is 0 Å². The zero-order valence-electron chi connectivity index (χ0n) is 10.3. The second-order valence-corrected chi connectivity index (χ2v) is 4.93. The predicted molar refractivity (Wildman–Crippen MR) is 67.1 cm³/mol. The number of amides is 1. The SMILES string of the molecule is CCN(CC(C)(C)O)C(=O)c1ccc(Cl)cn1. The summed E-state index contributed by atoms with van der Waals surface area (Å²) >= 11 is 5.71. The summed E-state index contributed by atoms with van der Waals surface area (Å²) in [6.45, 7) is 5.98. The first-order chi connectivity index (χ1) is 7.83. The Bertz CT molecular complexity index is 384. The zero-order chi connectivity index (χ0) is 13.1. The van der Waals surface area contributed by atoms with E-state index in [-0.39, 0.29) is 12.5 Å². The van der Waals surface area contributed by atoms with Crippen molar-refractivity contribution in [2.45, 2.75) is 26.4 Å². The largest absolute Gasteiger partial charge is 0.389 e. The number of carbonyl (C=O) groups is 1. The van der Waals surface area contributed by atoms with E-state index in [2.05, 4.69) is 4.98 Å². The molecule has 1 heterocycles. The molecule has 0 radical (unpaired) electrons. The minimum Gasteiger partial charge on any atom is -0.389 e.